The number of para-hydroxylation sites is 1. The van der Waals surface area contributed by atoms with Gasteiger partial charge in [0.1, 0.15) is 17.3 Å². The van der Waals surface area contributed by atoms with E-state index >= 15 is 0 Å². The lowest BCUT2D eigenvalue weighted by atomic mass is 10.1. The first kappa shape index (κ1) is 16.5. The summed E-state index contributed by atoms with van der Waals surface area (Å²) in [5.74, 6) is 2.46. The number of nitrogens with two attached hydrogens (primary N) is 2. The van der Waals surface area contributed by atoms with Crippen molar-refractivity contribution in [2.24, 2.45) is 16.5 Å². The minimum absolute atomic E-state index is 0.0474. The Morgan fingerprint density at radius 2 is 1.84 bits per heavy atom. The lowest BCUT2D eigenvalue weighted by Crippen LogP contribution is -2.22. The van der Waals surface area contributed by atoms with E-state index in [1.165, 1.54) is 0 Å². The molecule has 0 fully saturated rings. The zero-order valence-corrected chi connectivity index (χ0v) is 14.1. The van der Waals surface area contributed by atoms with Crippen molar-refractivity contribution in [1.29, 1.82) is 0 Å². The summed E-state index contributed by atoms with van der Waals surface area (Å²) in [7, 11) is 3.24. The number of hydrogen-bond donors (Lipinski definition) is 2. The predicted octanol–water partition coefficient (Wildman–Crippen LogP) is 2.14. The second-order valence-electron chi connectivity index (χ2n) is 5.37. The van der Waals surface area contributed by atoms with Crippen molar-refractivity contribution in [2.75, 3.05) is 14.2 Å². The maximum Gasteiger partial charge on any atom is 0.192 e. The average Bonchev–Trinajstić information content (AvgIpc) is 2.61. The van der Waals surface area contributed by atoms with Crippen molar-refractivity contribution in [3.05, 3.63) is 53.9 Å². The summed E-state index contributed by atoms with van der Waals surface area (Å²) in [6, 6.07) is 13.2. The largest absolute Gasteiger partial charge is 0.497 e. The molecule has 25 heavy (non-hydrogen) atoms. The number of ether oxygens (including phenoxy) is 2. The van der Waals surface area contributed by atoms with E-state index in [0.29, 0.717) is 18.1 Å². The summed E-state index contributed by atoms with van der Waals surface area (Å²) in [5.41, 5.74) is 12.7. The van der Waals surface area contributed by atoms with E-state index < -0.39 is 0 Å². The fourth-order valence-corrected chi connectivity index (χ4v) is 2.58. The Labute approximate surface area is 145 Å². The monoisotopic (exact) mass is 337 g/mol. The molecule has 0 aliphatic carbocycles. The number of methoxy groups -OCH3 is 2. The molecular weight excluding hydrogens is 318 g/mol. The van der Waals surface area contributed by atoms with Crippen LogP contribution >= 0.6 is 0 Å². The Hall–Kier alpha value is -3.35. The van der Waals surface area contributed by atoms with Crippen LogP contribution in [0.4, 0.5) is 5.82 Å². The lowest BCUT2D eigenvalue weighted by molar-refractivity contribution is 0.399. The molecule has 0 radical (unpaired) electrons. The van der Waals surface area contributed by atoms with E-state index in [9.17, 15) is 0 Å². The Morgan fingerprint density at radius 3 is 2.56 bits per heavy atom. The number of hydrogen-bond acceptors (Lipinski definition) is 5. The average molecular weight is 337 g/mol. The molecule has 1 aromatic heterocycles. The molecule has 0 saturated carbocycles. The molecule has 7 nitrogen and oxygen atoms in total. The van der Waals surface area contributed by atoms with Crippen LogP contribution in [-0.4, -0.2) is 30.1 Å². The maximum absolute atomic E-state index is 5.53. The van der Waals surface area contributed by atoms with Crippen LogP contribution in [0.5, 0.6) is 11.5 Å². The van der Waals surface area contributed by atoms with Gasteiger partial charge in [0.05, 0.1) is 19.7 Å². The molecule has 0 unspecified atom stereocenters. The molecule has 0 aliphatic rings. The SMILES string of the molecule is COc1ccc(OC)c(Cc2nc(N=C(N)N)c3ccccc3n2)c1. The van der Waals surface area contributed by atoms with E-state index in [2.05, 4.69) is 15.0 Å². The number of aromatic nitrogens is 2. The van der Waals surface area contributed by atoms with Gasteiger partial charge in [-0.2, -0.15) is 4.99 Å². The van der Waals surface area contributed by atoms with E-state index in [4.69, 9.17) is 20.9 Å². The molecule has 128 valence electrons. The van der Waals surface area contributed by atoms with Crippen molar-refractivity contribution in [3.8, 4) is 11.5 Å². The molecular formula is C18H19N5O2. The molecule has 0 amide bonds. The maximum atomic E-state index is 5.53. The Balaban J connectivity index is 2.09. The molecule has 0 bridgehead atoms. The lowest BCUT2D eigenvalue weighted by Gasteiger charge is -2.11. The van der Waals surface area contributed by atoms with Gasteiger partial charge in [0, 0.05) is 17.4 Å². The molecule has 0 spiro atoms. The summed E-state index contributed by atoms with van der Waals surface area (Å²) in [6.45, 7) is 0. The first-order valence-corrected chi connectivity index (χ1v) is 7.67. The number of rotatable bonds is 5. The highest BCUT2D eigenvalue weighted by Crippen LogP contribution is 2.28. The highest BCUT2D eigenvalue weighted by atomic mass is 16.5. The van der Waals surface area contributed by atoms with E-state index in [0.717, 1.165) is 28.0 Å². The van der Waals surface area contributed by atoms with E-state index in [1.807, 2.05) is 42.5 Å². The van der Waals surface area contributed by atoms with Crippen LogP contribution in [0.2, 0.25) is 0 Å². The van der Waals surface area contributed by atoms with Crippen LogP contribution in [0.15, 0.2) is 47.5 Å². The topological polar surface area (TPSA) is 109 Å². The van der Waals surface area contributed by atoms with Gasteiger partial charge in [-0.15, -0.1) is 0 Å². The fraction of sp³-hybridized carbons (Fsp3) is 0.167. The first-order chi connectivity index (χ1) is 12.1. The Kier molecular flexibility index (Phi) is 4.65. The Morgan fingerprint density at radius 1 is 1.04 bits per heavy atom. The third-order valence-corrected chi connectivity index (χ3v) is 3.70. The normalized spacial score (nSPS) is 10.5. The van der Waals surface area contributed by atoms with E-state index in [1.54, 1.807) is 14.2 Å². The summed E-state index contributed by atoms with van der Waals surface area (Å²) in [4.78, 5) is 13.3. The van der Waals surface area contributed by atoms with Crippen molar-refractivity contribution < 1.29 is 9.47 Å². The van der Waals surface area contributed by atoms with Gasteiger partial charge < -0.3 is 20.9 Å². The van der Waals surface area contributed by atoms with E-state index in [-0.39, 0.29) is 5.96 Å². The zero-order valence-electron chi connectivity index (χ0n) is 14.1. The predicted molar refractivity (Wildman–Crippen MR) is 97.4 cm³/mol. The van der Waals surface area contributed by atoms with Gasteiger partial charge >= 0.3 is 0 Å². The second-order valence-corrected chi connectivity index (χ2v) is 5.37. The zero-order chi connectivity index (χ0) is 17.8. The summed E-state index contributed by atoms with van der Waals surface area (Å²) in [5, 5.41) is 0.789. The number of nitrogens with zero attached hydrogens (tertiary/aromatic N) is 3. The third-order valence-electron chi connectivity index (χ3n) is 3.70. The van der Waals surface area contributed by atoms with Gasteiger partial charge in [-0.25, -0.2) is 9.97 Å². The van der Waals surface area contributed by atoms with Gasteiger partial charge in [0.25, 0.3) is 0 Å². The van der Waals surface area contributed by atoms with Crippen LogP contribution in [0, 0.1) is 0 Å². The van der Waals surface area contributed by atoms with Crippen molar-refractivity contribution in [1.82, 2.24) is 9.97 Å². The second kappa shape index (κ2) is 7.04. The van der Waals surface area contributed by atoms with Crippen molar-refractivity contribution >= 4 is 22.7 Å². The van der Waals surface area contributed by atoms with Crippen LogP contribution in [0.3, 0.4) is 0 Å². The van der Waals surface area contributed by atoms with Gasteiger partial charge in [0.15, 0.2) is 11.8 Å². The van der Waals surface area contributed by atoms with Crippen LogP contribution in [0.25, 0.3) is 10.9 Å². The highest BCUT2D eigenvalue weighted by Gasteiger charge is 2.11. The van der Waals surface area contributed by atoms with Crippen LogP contribution in [-0.2, 0) is 6.42 Å². The minimum atomic E-state index is -0.0474. The summed E-state index contributed by atoms with van der Waals surface area (Å²) in [6.07, 6.45) is 0.457. The number of benzene rings is 2. The minimum Gasteiger partial charge on any atom is -0.497 e. The molecule has 0 atom stereocenters. The van der Waals surface area contributed by atoms with Gasteiger partial charge in [-0.1, -0.05) is 12.1 Å². The van der Waals surface area contributed by atoms with Crippen molar-refractivity contribution in [3.63, 3.8) is 0 Å². The smallest absolute Gasteiger partial charge is 0.192 e. The number of fused-ring (bicyclic) bond motifs is 1. The first-order valence-electron chi connectivity index (χ1n) is 7.67. The van der Waals surface area contributed by atoms with Gasteiger partial charge in [0.2, 0.25) is 0 Å². The number of guanidine groups is 1. The molecule has 3 rings (SSSR count). The summed E-state index contributed by atoms with van der Waals surface area (Å²) < 4.78 is 10.7. The highest BCUT2D eigenvalue weighted by molar-refractivity contribution is 5.91. The molecule has 2 aromatic carbocycles. The van der Waals surface area contributed by atoms with Crippen LogP contribution < -0.4 is 20.9 Å². The Bertz CT molecular complexity index is 936. The van der Waals surface area contributed by atoms with Crippen LogP contribution in [0.1, 0.15) is 11.4 Å². The summed E-state index contributed by atoms with van der Waals surface area (Å²) >= 11 is 0. The molecule has 0 saturated heterocycles. The van der Waals surface area contributed by atoms with Gasteiger partial charge in [-0.05, 0) is 30.3 Å². The van der Waals surface area contributed by atoms with Crippen molar-refractivity contribution in [2.45, 2.75) is 6.42 Å². The third kappa shape index (κ3) is 3.60. The quantitative estimate of drug-likeness (QED) is 0.545. The molecule has 1 heterocycles. The number of aliphatic imine (C=N–C) groups is 1. The standard InChI is InChI=1S/C18H19N5O2/c1-24-12-7-8-15(25-2)11(9-12)10-16-21-14-6-4-3-5-13(14)17(22-16)23-18(19)20/h3-9H,10H2,1-2H3,(H4,19,20,21,22,23). The molecule has 7 heteroatoms. The molecule has 3 aromatic rings. The molecule has 0 aliphatic heterocycles. The fourth-order valence-electron chi connectivity index (χ4n) is 2.58. The molecule has 4 N–H and O–H groups in total. The van der Waals surface area contributed by atoms with Gasteiger partial charge in [-0.3, -0.25) is 0 Å².